The van der Waals surface area contributed by atoms with Crippen LogP contribution in [0.15, 0.2) is 34.9 Å². The number of rotatable bonds is 6. The molecule has 1 saturated carbocycles. The Labute approximate surface area is 139 Å². The second kappa shape index (κ2) is 6.34. The van der Waals surface area contributed by atoms with Crippen LogP contribution in [0.3, 0.4) is 0 Å². The zero-order valence-electron chi connectivity index (χ0n) is 13.1. The average Bonchev–Trinajstić information content (AvgIpc) is 3.29. The Kier molecular flexibility index (Phi) is 4.41. The molecule has 1 N–H and O–H groups in total. The van der Waals surface area contributed by atoms with E-state index in [1.54, 1.807) is 19.2 Å². The zero-order chi connectivity index (χ0) is 16.4. The Morgan fingerprint density at radius 3 is 2.91 bits per heavy atom. The van der Waals surface area contributed by atoms with Crippen molar-refractivity contribution in [2.45, 2.75) is 31.3 Å². The minimum atomic E-state index is -0.677. The fourth-order valence-electron chi connectivity index (χ4n) is 2.41. The second-order valence-electron chi connectivity index (χ2n) is 6.02. The van der Waals surface area contributed by atoms with Gasteiger partial charge >= 0.3 is 0 Å². The number of nitrogens with one attached hydrogen (secondary N) is 1. The van der Waals surface area contributed by atoms with Crippen molar-refractivity contribution in [3.05, 3.63) is 52.4 Å². The number of aromatic nitrogens is 1. The predicted octanol–water partition coefficient (Wildman–Crippen LogP) is 3.50. The molecule has 0 bridgehead atoms. The number of nitrogens with zero attached hydrogens (tertiary/aromatic N) is 1. The van der Waals surface area contributed by atoms with Gasteiger partial charge in [0.2, 0.25) is 0 Å². The Hall–Kier alpha value is -1.85. The van der Waals surface area contributed by atoms with Gasteiger partial charge < -0.3 is 14.6 Å². The maximum atomic E-state index is 12.2. The quantitative estimate of drug-likeness (QED) is 0.878. The van der Waals surface area contributed by atoms with Crippen molar-refractivity contribution in [3.63, 3.8) is 0 Å². The molecule has 1 aromatic carbocycles. The summed E-state index contributed by atoms with van der Waals surface area (Å²) in [5, 5.41) is 7.32. The van der Waals surface area contributed by atoms with Crippen molar-refractivity contribution in [2.75, 3.05) is 13.7 Å². The van der Waals surface area contributed by atoms with Crippen LogP contribution in [0.1, 0.15) is 47.5 Å². The molecular formula is C17H19ClN2O3. The Balaban J connectivity index is 1.67. The number of hydrogen-bond donors (Lipinski definition) is 1. The molecule has 1 atom stereocenters. The molecule has 122 valence electrons. The van der Waals surface area contributed by atoms with Crippen LogP contribution in [-0.4, -0.2) is 24.7 Å². The fourth-order valence-corrected chi connectivity index (χ4v) is 2.60. The first-order valence-corrected chi connectivity index (χ1v) is 7.95. The molecule has 6 heteroatoms. The van der Waals surface area contributed by atoms with Crippen LogP contribution in [0.2, 0.25) is 5.02 Å². The summed E-state index contributed by atoms with van der Waals surface area (Å²) in [4.78, 5) is 12.2. The molecule has 1 heterocycles. The van der Waals surface area contributed by atoms with E-state index in [1.165, 1.54) is 0 Å². The molecule has 1 unspecified atom stereocenters. The van der Waals surface area contributed by atoms with E-state index < -0.39 is 5.60 Å². The Morgan fingerprint density at radius 2 is 2.26 bits per heavy atom. The molecule has 0 saturated heterocycles. The summed E-state index contributed by atoms with van der Waals surface area (Å²) in [5.41, 5.74) is 0.520. The number of carbonyl (C=O) groups is 1. The Morgan fingerprint density at radius 1 is 1.48 bits per heavy atom. The fraction of sp³-hybridized carbons (Fsp3) is 0.412. The lowest BCUT2D eigenvalue weighted by Gasteiger charge is -2.29. The SMILES string of the molecule is COC(C)(CNC(=O)c1cc(C2CC2)on1)c1cccc(Cl)c1. The maximum Gasteiger partial charge on any atom is 0.273 e. The second-order valence-corrected chi connectivity index (χ2v) is 6.45. The summed E-state index contributed by atoms with van der Waals surface area (Å²) in [5.74, 6) is 0.949. The molecule has 23 heavy (non-hydrogen) atoms. The third kappa shape index (κ3) is 3.57. The van der Waals surface area contributed by atoms with Crippen molar-refractivity contribution in [1.29, 1.82) is 0 Å². The van der Waals surface area contributed by atoms with Gasteiger partial charge in [-0.05, 0) is 37.5 Å². The number of halogens is 1. The maximum absolute atomic E-state index is 12.2. The van der Waals surface area contributed by atoms with Gasteiger partial charge in [-0.2, -0.15) is 0 Å². The van der Waals surface area contributed by atoms with E-state index in [9.17, 15) is 4.79 Å². The smallest absolute Gasteiger partial charge is 0.273 e. The molecule has 3 rings (SSSR count). The van der Waals surface area contributed by atoms with Gasteiger partial charge in [0.25, 0.3) is 5.91 Å². The van der Waals surface area contributed by atoms with Crippen molar-refractivity contribution in [2.24, 2.45) is 0 Å². The van der Waals surface area contributed by atoms with E-state index in [4.69, 9.17) is 20.9 Å². The third-order valence-corrected chi connectivity index (χ3v) is 4.45. The highest BCUT2D eigenvalue weighted by Gasteiger charge is 2.30. The van der Waals surface area contributed by atoms with E-state index in [1.807, 2.05) is 25.1 Å². The summed E-state index contributed by atoms with van der Waals surface area (Å²) in [6.45, 7) is 2.20. The summed E-state index contributed by atoms with van der Waals surface area (Å²) in [6, 6.07) is 9.13. The lowest BCUT2D eigenvalue weighted by molar-refractivity contribution is 0.00308. The van der Waals surface area contributed by atoms with Gasteiger partial charge in [-0.25, -0.2) is 0 Å². The van der Waals surface area contributed by atoms with Crippen LogP contribution >= 0.6 is 11.6 Å². The van der Waals surface area contributed by atoms with E-state index in [2.05, 4.69) is 10.5 Å². The van der Waals surface area contributed by atoms with Crippen molar-refractivity contribution >= 4 is 17.5 Å². The van der Waals surface area contributed by atoms with Crippen LogP contribution in [-0.2, 0) is 10.3 Å². The number of amides is 1. The van der Waals surface area contributed by atoms with Crippen LogP contribution < -0.4 is 5.32 Å². The van der Waals surface area contributed by atoms with Crippen molar-refractivity contribution in [1.82, 2.24) is 10.5 Å². The van der Waals surface area contributed by atoms with Crippen molar-refractivity contribution in [3.8, 4) is 0 Å². The van der Waals surface area contributed by atoms with Gasteiger partial charge in [0.15, 0.2) is 5.69 Å². The van der Waals surface area contributed by atoms with E-state index in [0.717, 1.165) is 24.2 Å². The number of ether oxygens (including phenoxy) is 1. The topological polar surface area (TPSA) is 64.4 Å². The first-order valence-electron chi connectivity index (χ1n) is 7.58. The lowest BCUT2D eigenvalue weighted by Crippen LogP contribution is -2.40. The normalized spacial score (nSPS) is 16.8. The van der Waals surface area contributed by atoms with Gasteiger partial charge in [-0.15, -0.1) is 0 Å². The molecule has 0 radical (unpaired) electrons. The summed E-state index contributed by atoms with van der Waals surface area (Å²) < 4.78 is 10.8. The highest BCUT2D eigenvalue weighted by molar-refractivity contribution is 6.30. The zero-order valence-corrected chi connectivity index (χ0v) is 13.9. The molecule has 5 nitrogen and oxygen atoms in total. The molecule has 1 amide bonds. The number of benzene rings is 1. The first kappa shape index (κ1) is 16.0. The number of methoxy groups -OCH3 is 1. The minimum absolute atomic E-state index is 0.272. The minimum Gasteiger partial charge on any atom is -0.372 e. The Bertz CT molecular complexity index is 711. The van der Waals surface area contributed by atoms with Crippen LogP contribution in [0.25, 0.3) is 0 Å². The summed E-state index contributed by atoms with van der Waals surface area (Å²) >= 11 is 6.04. The van der Waals surface area contributed by atoms with Crippen LogP contribution in [0.4, 0.5) is 0 Å². The van der Waals surface area contributed by atoms with Gasteiger partial charge in [0.05, 0.1) is 6.54 Å². The monoisotopic (exact) mass is 334 g/mol. The first-order chi connectivity index (χ1) is 11.0. The van der Waals surface area contributed by atoms with Gasteiger partial charge in [0, 0.05) is 24.1 Å². The average molecular weight is 335 g/mol. The van der Waals surface area contributed by atoms with Crippen molar-refractivity contribution < 1.29 is 14.1 Å². The predicted molar refractivity (Wildman–Crippen MR) is 86.6 cm³/mol. The van der Waals surface area contributed by atoms with Crippen LogP contribution in [0.5, 0.6) is 0 Å². The third-order valence-electron chi connectivity index (χ3n) is 4.21. The molecule has 0 spiro atoms. The van der Waals surface area contributed by atoms with Crippen LogP contribution in [0, 0.1) is 0 Å². The molecule has 0 aliphatic heterocycles. The van der Waals surface area contributed by atoms with Gasteiger partial charge in [-0.3, -0.25) is 4.79 Å². The molecule has 1 aromatic heterocycles. The standard InChI is InChI=1S/C17H19ClN2O3/c1-17(22-2,12-4-3-5-13(18)8-12)10-19-16(21)14-9-15(23-20-14)11-6-7-11/h3-5,8-9,11H,6-7,10H2,1-2H3,(H,19,21). The molecule has 1 aliphatic rings. The molecule has 1 fully saturated rings. The summed E-state index contributed by atoms with van der Waals surface area (Å²) in [6.07, 6.45) is 2.21. The van der Waals surface area contributed by atoms with E-state index >= 15 is 0 Å². The summed E-state index contributed by atoms with van der Waals surface area (Å²) in [7, 11) is 1.61. The molecular weight excluding hydrogens is 316 g/mol. The lowest BCUT2D eigenvalue weighted by atomic mass is 9.95. The van der Waals surface area contributed by atoms with E-state index in [-0.39, 0.29) is 5.91 Å². The number of hydrogen-bond acceptors (Lipinski definition) is 4. The van der Waals surface area contributed by atoms with Gasteiger partial charge in [0.1, 0.15) is 11.4 Å². The number of carbonyl (C=O) groups excluding carboxylic acids is 1. The molecule has 2 aromatic rings. The molecule has 1 aliphatic carbocycles. The highest BCUT2D eigenvalue weighted by Crippen LogP contribution is 2.40. The van der Waals surface area contributed by atoms with E-state index in [0.29, 0.717) is 23.2 Å². The van der Waals surface area contributed by atoms with Gasteiger partial charge in [-0.1, -0.05) is 28.9 Å². The largest absolute Gasteiger partial charge is 0.372 e. The highest BCUT2D eigenvalue weighted by atomic mass is 35.5.